The number of carbonyl (C=O) groups is 1. The van der Waals surface area contributed by atoms with E-state index in [-0.39, 0.29) is 13.2 Å². The van der Waals surface area contributed by atoms with E-state index in [0.717, 1.165) is 10.9 Å². The Morgan fingerprint density at radius 1 is 1.12 bits per heavy atom. The van der Waals surface area contributed by atoms with Gasteiger partial charge >= 0.3 is 11.6 Å². The molecule has 1 aromatic heterocycles. The smallest absolute Gasteiger partial charge is 0.344 e. The maximum absolute atomic E-state index is 11.9. The summed E-state index contributed by atoms with van der Waals surface area (Å²) in [6.07, 6.45) is 0. The molecule has 0 amide bonds. The van der Waals surface area contributed by atoms with Gasteiger partial charge in [0.2, 0.25) is 0 Å². The monoisotopic (exact) mass is 392 g/mol. The number of aryl methyl sites for hydroxylation is 1. The molecule has 5 nitrogen and oxygen atoms in total. The molecule has 26 heavy (non-hydrogen) atoms. The zero-order valence-electron chi connectivity index (χ0n) is 13.8. The lowest BCUT2D eigenvalue weighted by atomic mass is 10.1. The van der Waals surface area contributed by atoms with E-state index >= 15 is 0 Å². The summed E-state index contributed by atoms with van der Waals surface area (Å²) in [7, 11) is 0. The summed E-state index contributed by atoms with van der Waals surface area (Å²) in [6, 6.07) is 11.5. The van der Waals surface area contributed by atoms with Crippen molar-refractivity contribution in [3.05, 3.63) is 74.1 Å². The maximum atomic E-state index is 11.9. The van der Waals surface area contributed by atoms with E-state index in [1.54, 1.807) is 36.4 Å². The SMILES string of the molecule is Cc1cc(=O)oc2cc(OCC(=O)OCc3c(Cl)cccc3Cl)ccc12. The summed E-state index contributed by atoms with van der Waals surface area (Å²) >= 11 is 12.0. The number of rotatable bonds is 5. The van der Waals surface area contributed by atoms with Crippen LogP contribution in [0.4, 0.5) is 0 Å². The Labute approximate surface area is 159 Å². The van der Waals surface area contributed by atoms with E-state index in [1.165, 1.54) is 6.07 Å². The van der Waals surface area contributed by atoms with Crippen LogP contribution in [0.25, 0.3) is 11.0 Å². The van der Waals surface area contributed by atoms with Gasteiger partial charge in [-0.3, -0.25) is 0 Å². The van der Waals surface area contributed by atoms with Gasteiger partial charge in [-0.05, 0) is 36.8 Å². The van der Waals surface area contributed by atoms with Crippen molar-refractivity contribution < 1.29 is 18.7 Å². The van der Waals surface area contributed by atoms with Crippen molar-refractivity contribution in [1.29, 1.82) is 0 Å². The predicted molar refractivity (Wildman–Crippen MR) is 99.0 cm³/mol. The number of hydrogen-bond acceptors (Lipinski definition) is 5. The summed E-state index contributed by atoms with van der Waals surface area (Å²) in [5.41, 5.74) is 1.29. The first-order valence-electron chi connectivity index (χ1n) is 7.70. The molecule has 0 spiro atoms. The van der Waals surface area contributed by atoms with Crippen molar-refractivity contribution in [2.45, 2.75) is 13.5 Å². The van der Waals surface area contributed by atoms with Crippen molar-refractivity contribution in [3.8, 4) is 5.75 Å². The van der Waals surface area contributed by atoms with Crippen LogP contribution >= 0.6 is 23.2 Å². The number of hydrogen-bond donors (Lipinski definition) is 0. The van der Waals surface area contributed by atoms with Crippen LogP contribution in [-0.2, 0) is 16.1 Å². The van der Waals surface area contributed by atoms with E-state index in [2.05, 4.69) is 0 Å². The first kappa shape index (κ1) is 18.3. The van der Waals surface area contributed by atoms with Crippen molar-refractivity contribution in [3.63, 3.8) is 0 Å². The van der Waals surface area contributed by atoms with Gasteiger partial charge in [0.05, 0.1) is 0 Å². The molecule has 0 aliphatic rings. The van der Waals surface area contributed by atoms with Gasteiger partial charge in [0, 0.05) is 33.1 Å². The Kier molecular flexibility index (Phi) is 5.49. The molecule has 3 rings (SSSR count). The molecule has 0 aliphatic carbocycles. The van der Waals surface area contributed by atoms with Crippen LogP contribution in [0, 0.1) is 6.92 Å². The van der Waals surface area contributed by atoms with Crippen LogP contribution in [0.5, 0.6) is 5.75 Å². The average molecular weight is 393 g/mol. The Hall–Kier alpha value is -2.50. The fraction of sp³-hybridized carbons (Fsp3) is 0.158. The second kappa shape index (κ2) is 7.81. The van der Waals surface area contributed by atoms with Crippen molar-refractivity contribution >= 4 is 40.1 Å². The molecule has 3 aromatic rings. The van der Waals surface area contributed by atoms with Gasteiger partial charge in [0.1, 0.15) is 17.9 Å². The van der Waals surface area contributed by atoms with Gasteiger partial charge in [0.25, 0.3) is 0 Å². The van der Waals surface area contributed by atoms with E-state index in [1.807, 2.05) is 6.92 Å². The first-order valence-corrected chi connectivity index (χ1v) is 8.45. The number of esters is 1. The summed E-state index contributed by atoms with van der Waals surface area (Å²) in [5, 5.41) is 1.64. The number of benzene rings is 2. The Balaban J connectivity index is 1.62. The molecule has 0 bridgehead atoms. The highest BCUT2D eigenvalue weighted by atomic mass is 35.5. The van der Waals surface area contributed by atoms with Crippen LogP contribution in [0.2, 0.25) is 10.0 Å². The molecule has 0 saturated heterocycles. The lowest BCUT2D eigenvalue weighted by molar-refractivity contribution is -0.147. The van der Waals surface area contributed by atoms with Crippen molar-refractivity contribution in [2.24, 2.45) is 0 Å². The third-order valence-corrected chi connectivity index (χ3v) is 4.43. The lowest BCUT2D eigenvalue weighted by Crippen LogP contribution is -2.15. The van der Waals surface area contributed by atoms with Crippen LogP contribution in [-0.4, -0.2) is 12.6 Å². The largest absolute Gasteiger partial charge is 0.482 e. The van der Waals surface area contributed by atoms with Crippen LogP contribution in [0.3, 0.4) is 0 Å². The standard InChI is InChI=1S/C19H14Cl2O5/c1-11-7-18(22)26-17-8-12(5-6-13(11)17)24-10-19(23)25-9-14-15(20)3-2-4-16(14)21/h2-8H,9-10H2,1H3. The molecular formula is C19H14Cl2O5. The molecule has 1 heterocycles. The van der Waals surface area contributed by atoms with Gasteiger partial charge in [-0.15, -0.1) is 0 Å². The Morgan fingerprint density at radius 2 is 1.85 bits per heavy atom. The third kappa shape index (κ3) is 4.18. The van der Waals surface area contributed by atoms with Crippen LogP contribution < -0.4 is 10.4 Å². The summed E-state index contributed by atoms with van der Waals surface area (Å²) in [5.74, 6) is -0.189. The molecular weight excluding hydrogens is 379 g/mol. The third-order valence-electron chi connectivity index (χ3n) is 3.72. The summed E-state index contributed by atoms with van der Waals surface area (Å²) in [4.78, 5) is 23.3. The molecule has 7 heteroatoms. The van der Waals surface area contributed by atoms with E-state index in [9.17, 15) is 9.59 Å². The Morgan fingerprint density at radius 3 is 2.58 bits per heavy atom. The molecule has 0 saturated carbocycles. The summed E-state index contributed by atoms with van der Waals surface area (Å²) < 4.78 is 15.7. The predicted octanol–water partition coefficient (Wildman–Crippen LogP) is 4.53. The number of carbonyl (C=O) groups excluding carboxylic acids is 1. The van der Waals surface area contributed by atoms with Gasteiger partial charge in [-0.25, -0.2) is 9.59 Å². The molecule has 134 valence electrons. The molecule has 0 atom stereocenters. The molecule has 0 N–H and O–H groups in total. The van der Waals surface area contributed by atoms with Gasteiger partial charge < -0.3 is 13.9 Å². The maximum Gasteiger partial charge on any atom is 0.344 e. The quantitative estimate of drug-likeness (QED) is 0.471. The van der Waals surface area contributed by atoms with Gasteiger partial charge in [-0.2, -0.15) is 0 Å². The minimum Gasteiger partial charge on any atom is -0.482 e. The molecule has 2 aromatic carbocycles. The highest BCUT2D eigenvalue weighted by Crippen LogP contribution is 2.25. The Bertz CT molecular complexity index is 1010. The molecule has 0 aliphatic heterocycles. The minimum atomic E-state index is -0.577. The van der Waals surface area contributed by atoms with Crippen molar-refractivity contribution in [1.82, 2.24) is 0 Å². The average Bonchev–Trinajstić information content (AvgIpc) is 2.59. The fourth-order valence-electron chi connectivity index (χ4n) is 2.40. The van der Waals surface area contributed by atoms with Crippen LogP contribution in [0.15, 0.2) is 51.7 Å². The minimum absolute atomic E-state index is 0.0491. The summed E-state index contributed by atoms with van der Waals surface area (Å²) in [6.45, 7) is 1.47. The lowest BCUT2D eigenvalue weighted by Gasteiger charge is -2.10. The van der Waals surface area contributed by atoms with Gasteiger partial charge in [-0.1, -0.05) is 29.3 Å². The fourth-order valence-corrected chi connectivity index (χ4v) is 2.91. The van der Waals surface area contributed by atoms with Crippen molar-refractivity contribution in [2.75, 3.05) is 6.61 Å². The number of fused-ring (bicyclic) bond motifs is 1. The molecule has 0 radical (unpaired) electrons. The normalized spacial score (nSPS) is 10.7. The highest BCUT2D eigenvalue weighted by molar-refractivity contribution is 6.35. The highest BCUT2D eigenvalue weighted by Gasteiger charge is 2.11. The zero-order valence-corrected chi connectivity index (χ0v) is 15.3. The zero-order chi connectivity index (χ0) is 18.7. The van der Waals surface area contributed by atoms with Gasteiger partial charge in [0.15, 0.2) is 6.61 Å². The van der Waals surface area contributed by atoms with E-state index in [4.69, 9.17) is 37.1 Å². The second-order valence-electron chi connectivity index (χ2n) is 5.56. The first-order chi connectivity index (χ1) is 12.4. The number of halogens is 2. The number of ether oxygens (including phenoxy) is 2. The van der Waals surface area contributed by atoms with E-state index in [0.29, 0.717) is 26.9 Å². The van der Waals surface area contributed by atoms with E-state index < -0.39 is 11.6 Å². The van der Waals surface area contributed by atoms with Crippen LogP contribution in [0.1, 0.15) is 11.1 Å². The molecule has 0 unspecified atom stereocenters. The topological polar surface area (TPSA) is 65.7 Å². The second-order valence-corrected chi connectivity index (χ2v) is 6.37. The molecule has 0 fully saturated rings.